The Morgan fingerprint density at radius 3 is 2.69 bits per heavy atom. The Morgan fingerprint density at radius 1 is 1.31 bits per heavy atom. The van der Waals surface area contributed by atoms with Gasteiger partial charge in [-0.15, -0.1) is 11.3 Å². The average molecular weight is 467 g/mol. The van der Waals surface area contributed by atoms with E-state index < -0.39 is 17.7 Å². The van der Waals surface area contributed by atoms with Crippen LogP contribution in [0.2, 0.25) is 0 Å². The zero-order valence-corrected chi connectivity index (χ0v) is 18.3. The first-order valence-electron chi connectivity index (χ1n) is 10.0. The van der Waals surface area contributed by atoms with Gasteiger partial charge in [0.15, 0.2) is 5.82 Å². The molecule has 0 aliphatic carbocycles. The Labute approximate surface area is 185 Å². The number of piperazine rings is 1. The molecule has 1 saturated heterocycles. The van der Waals surface area contributed by atoms with Gasteiger partial charge in [-0.1, -0.05) is 6.07 Å². The number of carbonyl (C=O) groups is 1. The second-order valence-electron chi connectivity index (χ2n) is 7.70. The van der Waals surface area contributed by atoms with Crippen molar-refractivity contribution in [3.8, 4) is 0 Å². The van der Waals surface area contributed by atoms with Crippen molar-refractivity contribution < 1.29 is 27.6 Å². The number of fused-ring (bicyclic) bond motifs is 1. The van der Waals surface area contributed by atoms with Crippen molar-refractivity contribution in [3.05, 3.63) is 56.4 Å². The number of quaternary nitrogens is 1. The smallest absolute Gasteiger partial charge is 0.416 e. The maximum absolute atomic E-state index is 13.0. The minimum Gasteiger partial charge on any atom is -0.465 e. The normalized spacial score (nSPS) is 15.3. The molecule has 2 N–H and O–H groups in total. The average Bonchev–Trinajstić information content (AvgIpc) is 3.10. The van der Waals surface area contributed by atoms with E-state index >= 15 is 0 Å². The van der Waals surface area contributed by atoms with Gasteiger partial charge in [0.1, 0.15) is 16.3 Å². The molecule has 3 heterocycles. The first kappa shape index (κ1) is 22.3. The number of ether oxygens (including phenoxy) is 1. The molecule has 2 aromatic heterocycles. The number of methoxy groups -OCH3 is 1. The molecule has 170 valence electrons. The predicted octanol–water partition coefficient (Wildman–Crippen LogP) is 2.00. The fraction of sp³-hybridized carbons (Fsp3) is 0.381. The van der Waals surface area contributed by atoms with Crippen molar-refractivity contribution >= 4 is 33.2 Å². The number of halogens is 3. The third-order valence-corrected chi connectivity index (χ3v) is 6.81. The summed E-state index contributed by atoms with van der Waals surface area (Å²) >= 11 is 1.13. The summed E-state index contributed by atoms with van der Waals surface area (Å²) in [5, 5.41) is 0.392. The van der Waals surface area contributed by atoms with E-state index in [0.717, 1.165) is 22.3 Å². The molecule has 11 heteroatoms. The molecule has 1 fully saturated rings. The van der Waals surface area contributed by atoms with Crippen molar-refractivity contribution in [2.75, 3.05) is 38.2 Å². The van der Waals surface area contributed by atoms with Gasteiger partial charge in [-0.05, 0) is 30.7 Å². The van der Waals surface area contributed by atoms with E-state index in [2.05, 4.69) is 9.97 Å². The lowest BCUT2D eigenvalue weighted by Gasteiger charge is -2.33. The second-order valence-corrected chi connectivity index (χ2v) is 8.70. The number of H-pyrrole nitrogens is 1. The van der Waals surface area contributed by atoms with Gasteiger partial charge in [0.2, 0.25) is 0 Å². The molecule has 0 amide bonds. The summed E-state index contributed by atoms with van der Waals surface area (Å²) in [6.07, 6.45) is -4.37. The van der Waals surface area contributed by atoms with E-state index in [0.29, 0.717) is 64.9 Å². The molecule has 0 saturated carbocycles. The SMILES string of the molecule is COC(=O)c1sc2nc(C[NH+]3CCN(c4cccc(C(F)(F)F)c4)CC3)[nH]c(=O)c2c1C. The summed E-state index contributed by atoms with van der Waals surface area (Å²) in [5.41, 5.74) is 0.156. The van der Waals surface area contributed by atoms with Crippen LogP contribution in [0.25, 0.3) is 10.2 Å². The third-order valence-electron chi connectivity index (χ3n) is 5.65. The number of nitrogens with zero attached hydrogens (tertiary/aromatic N) is 2. The summed E-state index contributed by atoms with van der Waals surface area (Å²) in [6.45, 7) is 4.73. The van der Waals surface area contributed by atoms with E-state index in [4.69, 9.17) is 4.74 Å². The number of aromatic nitrogens is 2. The molecule has 1 aliphatic rings. The van der Waals surface area contributed by atoms with Crippen LogP contribution in [0, 0.1) is 6.92 Å². The molecule has 3 aromatic rings. The molecular formula is C21H22F3N4O3S+. The Kier molecular flexibility index (Phi) is 5.95. The number of hydrogen-bond acceptors (Lipinski definition) is 6. The van der Waals surface area contributed by atoms with Gasteiger partial charge in [-0.2, -0.15) is 13.2 Å². The largest absolute Gasteiger partial charge is 0.465 e. The number of anilines is 1. The van der Waals surface area contributed by atoms with Crippen molar-refractivity contribution in [1.29, 1.82) is 0 Å². The molecule has 1 aromatic carbocycles. The number of aryl methyl sites for hydroxylation is 1. The van der Waals surface area contributed by atoms with Crippen LogP contribution in [0.15, 0.2) is 29.1 Å². The lowest BCUT2D eigenvalue weighted by atomic mass is 10.1. The second kappa shape index (κ2) is 8.55. The zero-order valence-electron chi connectivity index (χ0n) is 17.5. The first-order valence-corrected chi connectivity index (χ1v) is 10.9. The van der Waals surface area contributed by atoms with E-state index in [1.54, 1.807) is 13.0 Å². The minimum absolute atomic E-state index is 0.295. The van der Waals surface area contributed by atoms with E-state index in [1.807, 2.05) is 4.90 Å². The fourth-order valence-corrected chi connectivity index (χ4v) is 5.05. The molecule has 7 nitrogen and oxygen atoms in total. The number of rotatable bonds is 4. The highest BCUT2D eigenvalue weighted by Crippen LogP contribution is 2.31. The van der Waals surface area contributed by atoms with Gasteiger partial charge >= 0.3 is 12.1 Å². The van der Waals surface area contributed by atoms with Crippen LogP contribution in [-0.4, -0.2) is 49.2 Å². The summed E-state index contributed by atoms with van der Waals surface area (Å²) in [5.74, 6) is 0.0190. The molecule has 4 rings (SSSR count). The van der Waals surface area contributed by atoms with Crippen LogP contribution in [0.1, 0.15) is 26.6 Å². The van der Waals surface area contributed by atoms with Crippen LogP contribution >= 0.6 is 11.3 Å². The highest BCUT2D eigenvalue weighted by atomic mass is 32.1. The first-order chi connectivity index (χ1) is 15.2. The lowest BCUT2D eigenvalue weighted by molar-refractivity contribution is -0.915. The number of nitrogens with one attached hydrogen (secondary N) is 2. The van der Waals surface area contributed by atoms with Gasteiger partial charge in [0, 0.05) is 5.69 Å². The predicted molar refractivity (Wildman–Crippen MR) is 114 cm³/mol. The Morgan fingerprint density at radius 2 is 2.03 bits per heavy atom. The molecular weight excluding hydrogens is 445 g/mol. The van der Waals surface area contributed by atoms with E-state index in [1.165, 1.54) is 19.2 Å². The highest BCUT2D eigenvalue weighted by Gasteiger charge is 2.31. The monoisotopic (exact) mass is 467 g/mol. The summed E-state index contributed by atoms with van der Waals surface area (Å²) in [6, 6.07) is 5.36. The van der Waals surface area contributed by atoms with E-state index in [9.17, 15) is 22.8 Å². The summed E-state index contributed by atoms with van der Waals surface area (Å²) in [7, 11) is 1.29. The van der Waals surface area contributed by atoms with Crippen molar-refractivity contribution in [3.63, 3.8) is 0 Å². The van der Waals surface area contributed by atoms with Gasteiger partial charge in [0.25, 0.3) is 5.56 Å². The minimum atomic E-state index is -4.37. The highest BCUT2D eigenvalue weighted by molar-refractivity contribution is 7.20. The number of aromatic amines is 1. The molecule has 0 unspecified atom stereocenters. The number of benzene rings is 1. The molecule has 0 spiro atoms. The van der Waals surface area contributed by atoms with Crippen LogP contribution in [0.3, 0.4) is 0 Å². The van der Waals surface area contributed by atoms with Crippen LogP contribution in [-0.2, 0) is 17.5 Å². The van der Waals surface area contributed by atoms with Gasteiger partial charge in [0.05, 0.1) is 44.2 Å². The fourth-order valence-electron chi connectivity index (χ4n) is 3.93. The number of thiophene rings is 1. The third kappa shape index (κ3) is 4.35. The van der Waals surface area contributed by atoms with Crippen molar-refractivity contribution in [1.82, 2.24) is 9.97 Å². The Bertz CT molecular complexity index is 1210. The maximum Gasteiger partial charge on any atom is 0.416 e. The van der Waals surface area contributed by atoms with Gasteiger partial charge in [-0.25, -0.2) is 9.78 Å². The Balaban J connectivity index is 1.46. The van der Waals surface area contributed by atoms with Crippen LogP contribution in [0.4, 0.5) is 18.9 Å². The number of carbonyl (C=O) groups excluding carboxylic acids is 1. The zero-order chi connectivity index (χ0) is 23.0. The molecule has 32 heavy (non-hydrogen) atoms. The van der Waals surface area contributed by atoms with Crippen LogP contribution in [0.5, 0.6) is 0 Å². The van der Waals surface area contributed by atoms with Gasteiger partial charge in [-0.3, -0.25) is 4.79 Å². The number of alkyl halides is 3. The summed E-state index contributed by atoms with van der Waals surface area (Å²) in [4.78, 5) is 35.8. The maximum atomic E-state index is 13.0. The number of hydrogen-bond donors (Lipinski definition) is 2. The van der Waals surface area contributed by atoms with Crippen molar-refractivity contribution in [2.24, 2.45) is 0 Å². The van der Waals surface area contributed by atoms with E-state index in [-0.39, 0.29) is 5.56 Å². The molecule has 0 bridgehead atoms. The quantitative estimate of drug-likeness (QED) is 0.574. The van der Waals surface area contributed by atoms with Gasteiger partial charge < -0.3 is 19.5 Å². The standard InChI is InChI=1S/C21H21F3N4O3S/c1-12-16-18(29)25-15(26-19(16)32-17(12)20(30)31-2)11-27-6-8-28(9-7-27)14-5-3-4-13(10-14)21(22,23)24/h3-5,10H,6-9,11H2,1-2H3,(H,25,26,29)/p+1. The topological polar surface area (TPSA) is 79.7 Å². The van der Waals surface area contributed by atoms with Crippen LogP contribution < -0.4 is 15.4 Å². The number of esters is 1. The summed E-state index contributed by atoms with van der Waals surface area (Å²) < 4.78 is 43.7. The Hall–Kier alpha value is -2.92. The molecule has 0 atom stereocenters. The molecule has 0 radical (unpaired) electrons. The van der Waals surface area contributed by atoms with Crippen molar-refractivity contribution in [2.45, 2.75) is 19.6 Å². The molecule has 1 aliphatic heterocycles. The lowest BCUT2D eigenvalue weighted by Crippen LogP contribution is -3.13.